The molecule has 27 heavy (non-hydrogen) atoms. The Hall–Kier alpha value is -1.79. The third-order valence-electron chi connectivity index (χ3n) is 5.30. The van der Waals surface area contributed by atoms with Gasteiger partial charge in [-0.05, 0) is 46.5 Å². The smallest absolute Gasteiger partial charge is 0.227 e. The van der Waals surface area contributed by atoms with Crippen LogP contribution in [0.15, 0.2) is 4.99 Å². The number of hydrogen-bond acceptors (Lipinski definition) is 3. The molecule has 0 spiro atoms. The number of nitrogens with zero attached hydrogens (tertiary/aromatic N) is 2. The van der Waals surface area contributed by atoms with E-state index in [0.29, 0.717) is 12.5 Å². The molecule has 2 amide bonds. The Morgan fingerprint density at radius 3 is 2.22 bits per heavy atom. The van der Waals surface area contributed by atoms with Crippen LogP contribution in [-0.2, 0) is 9.59 Å². The molecule has 7 nitrogen and oxygen atoms in total. The fourth-order valence-corrected chi connectivity index (χ4v) is 3.34. The standard InChI is InChI=1S/C20H39N5O2/c1-7-15(8-2)17(26)25-12-10-16(11-13-25)24-19(22-9-3)23-14-20(4,5)18(27)21-6/h15-16H,7-14H2,1-6H3,(H,21,27)(H2,22,23,24). The van der Waals surface area contributed by atoms with Gasteiger partial charge in [0.25, 0.3) is 0 Å². The highest BCUT2D eigenvalue weighted by molar-refractivity contribution is 5.83. The molecule has 1 fully saturated rings. The van der Waals surface area contributed by atoms with Gasteiger partial charge < -0.3 is 20.9 Å². The summed E-state index contributed by atoms with van der Waals surface area (Å²) in [6, 6.07) is 0.289. The lowest BCUT2D eigenvalue weighted by Crippen LogP contribution is -2.51. The Balaban J connectivity index is 2.61. The zero-order valence-electron chi connectivity index (χ0n) is 18.0. The van der Waals surface area contributed by atoms with Crippen molar-refractivity contribution < 1.29 is 9.59 Å². The molecule has 0 radical (unpaired) electrons. The number of piperidine rings is 1. The first-order chi connectivity index (χ1) is 12.8. The van der Waals surface area contributed by atoms with E-state index in [-0.39, 0.29) is 17.9 Å². The molecule has 1 rings (SSSR count). The van der Waals surface area contributed by atoms with Gasteiger partial charge in [-0.3, -0.25) is 14.6 Å². The van der Waals surface area contributed by atoms with Crippen molar-refractivity contribution in [3.63, 3.8) is 0 Å². The van der Waals surface area contributed by atoms with E-state index in [1.807, 2.05) is 25.7 Å². The summed E-state index contributed by atoms with van der Waals surface area (Å²) in [4.78, 5) is 31.1. The zero-order chi connectivity index (χ0) is 20.4. The predicted octanol–water partition coefficient (Wildman–Crippen LogP) is 1.74. The van der Waals surface area contributed by atoms with E-state index in [1.165, 1.54) is 0 Å². The predicted molar refractivity (Wildman–Crippen MR) is 111 cm³/mol. The van der Waals surface area contributed by atoms with Gasteiger partial charge in [0.1, 0.15) is 0 Å². The van der Waals surface area contributed by atoms with Gasteiger partial charge in [0.2, 0.25) is 11.8 Å². The minimum atomic E-state index is -0.553. The molecule has 7 heteroatoms. The number of aliphatic imine (C=N–C) groups is 1. The third-order valence-corrected chi connectivity index (χ3v) is 5.30. The lowest BCUT2D eigenvalue weighted by Gasteiger charge is -2.35. The summed E-state index contributed by atoms with van der Waals surface area (Å²) >= 11 is 0. The highest BCUT2D eigenvalue weighted by Gasteiger charge is 2.28. The van der Waals surface area contributed by atoms with Gasteiger partial charge in [0, 0.05) is 38.6 Å². The number of amides is 2. The first-order valence-electron chi connectivity index (χ1n) is 10.3. The summed E-state index contributed by atoms with van der Waals surface area (Å²) in [6.07, 6.45) is 3.64. The molecule has 0 aromatic heterocycles. The maximum atomic E-state index is 12.5. The molecule has 156 valence electrons. The normalized spacial score (nSPS) is 16.4. The summed E-state index contributed by atoms with van der Waals surface area (Å²) in [7, 11) is 1.65. The second-order valence-corrected chi connectivity index (χ2v) is 7.92. The van der Waals surface area contributed by atoms with Crippen molar-refractivity contribution >= 4 is 17.8 Å². The van der Waals surface area contributed by atoms with E-state index in [9.17, 15) is 9.59 Å². The fraction of sp³-hybridized carbons (Fsp3) is 0.850. The van der Waals surface area contributed by atoms with Crippen LogP contribution in [0.25, 0.3) is 0 Å². The van der Waals surface area contributed by atoms with Crippen LogP contribution in [-0.4, -0.2) is 61.9 Å². The maximum absolute atomic E-state index is 12.5. The topological polar surface area (TPSA) is 85.8 Å². The number of likely N-dealkylation sites (tertiary alicyclic amines) is 1. The van der Waals surface area contributed by atoms with Crippen molar-refractivity contribution in [2.45, 2.75) is 66.3 Å². The molecule has 0 aromatic rings. The molecule has 0 unspecified atom stereocenters. The second kappa shape index (κ2) is 11.1. The van der Waals surface area contributed by atoms with Gasteiger partial charge in [0.05, 0.1) is 12.0 Å². The third kappa shape index (κ3) is 7.03. The molecule has 0 saturated carbocycles. The molecule has 0 atom stereocenters. The van der Waals surface area contributed by atoms with Gasteiger partial charge in [-0.2, -0.15) is 0 Å². The average Bonchev–Trinajstić information content (AvgIpc) is 2.67. The van der Waals surface area contributed by atoms with E-state index in [2.05, 4.69) is 34.8 Å². The van der Waals surface area contributed by atoms with Crippen LogP contribution in [0.5, 0.6) is 0 Å². The lowest BCUT2D eigenvalue weighted by atomic mass is 9.93. The SMILES string of the molecule is CCNC(=NCC(C)(C)C(=O)NC)NC1CCN(C(=O)C(CC)CC)CC1. The summed E-state index contributed by atoms with van der Waals surface area (Å²) in [5.41, 5.74) is -0.553. The van der Waals surface area contributed by atoms with Gasteiger partial charge in [-0.25, -0.2) is 0 Å². The van der Waals surface area contributed by atoms with Crippen LogP contribution in [0.4, 0.5) is 0 Å². The number of rotatable bonds is 8. The van der Waals surface area contributed by atoms with E-state index in [0.717, 1.165) is 51.3 Å². The quantitative estimate of drug-likeness (QED) is 0.442. The van der Waals surface area contributed by atoms with Crippen molar-refractivity contribution in [3.8, 4) is 0 Å². The maximum Gasteiger partial charge on any atom is 0.227 e. The number of hydrogen-bond donors (Lipinski definition) is 3. The van der Waals surface area contributed by atoms with Gasteiger partial charge in [0.15, 0.2) is 5.96 Å². The number of carbonyl (C=O) groups is 2. The Kier molecular flexibility index (Phi) is 9.60. The minimum absolute atomic E-state index is 0.0182. The summed E-state index contributed by atoms with van der Waals surface area (Å²) in [6.45, 7) is 12.7. The van der Waals surface area contributed by atoms with Crippen LogP contribution in [0.1, 0.15) is 60.3 Å². The molecule has 1 heterocycles. The second-order valence-electron chi connectivity index (χ2n) is 7.92. The van der Waals surface area contributed by atoms with Crippen molar-refractivity contribution in [2.75, 3.05) is 33.2 Å². The minimum Gasteiger partial charge on any atom is -0.359 e. The summed E-state index contributed by atoms with van der Waals surface area (Å²) in [5, 5.41) is 9.42. The monoisotopic (exact) mass is 381 g/mol. The van der Waals surface area contributed by atoms with E-state index in [4.69, 9.17) is 0 Å². The number of guanidine groups is 1. The Morgan fingerprint density at radius 1 is 1.15 bits per heavy atom. The van der Waals surface area contributed by atoms with Crippen LogP contribution >= 0.6 is 0 Å². The highest BCUT2D eigenvalue weighted by Crippen LogP contribution is 2.18. The van der Waals surface area contributed by atoms with Crippen LogP contribution in [0.3, 0.4) is 0 Å². The van der Waals surface area contributed by atoms with E-state index < -0.39 is 5.41 Å². The van der Waals surface area contributed by atoms with Crippen LogP contribution < -0.4 is 16.0 Å². The summed E-state index contributed by atoms with van der Waals surface area (Å²) in [5.74, 6) is 1.17. The number of carbonyl (C=O) groups excluding carboxylic acids is 2. The lowest BCUT2D eigenvalue weighted by molar-refractivity contribution is -0.136. The first-order valence-corrected chi connectivity index (χ1v) is 10.3. The zero-order valence-corrected chi connectivity index (χ0v) is 18.0. The Bertz CT molecular complexity index is 507. The first kappa shape index (κ1) is 23.2. The number of nitrogens with one attached hydrogen (secondary N) is 3. The molecular formula is C20H39N5O2. The average molecular weight is 382 g/mol. The highest BCUT2D eigenvalue weighted by atomic mass is 16.2. The molecule has 0 aromatic carbocycles. The van der Waals surface area contributed by atoms with Gasteiger partial charge in [-0.1, -0.05) is 13.8 Å². The van der Waals surface area contributed by atoms with Crippen LogP contribution in [0.2, 0.25) is 0 Å². The molecule has 3 N–H and O–H groups in total. The molecule has 1 aliphatic heterocycles. The molecular weight excluding hydrogens is 342 g/mol. The molecule has 0 aliphatic carbocycles. The summed E-state index contributed by atoms with van der Waals surface area (Å²) < 4.78 is 0. The van der Waals surface area contributed by atoms with Gasteiger partial charge >= 0.3 is 0 Å². The van der Waals surface area contributed by atoms with Gasteiger partial charge in [-0.15, -0.1) is 0 Å². The van der Waals surface area contributed by atoms with E-state index >= 15 is 0 Å². The Morgan fingerprint density at radius 2 is 1.74 bits per heavy atom. The van der Waals surface area contributed by atoms with Crippen LogP contribution in [0, 0.1) is 11.3 Å². The van der Waals surface area contributed by atoms with Crippen molar-refractivity contribution in [1.82, 2.24) is 20.9 Å². The largest absolute Gasteiger partial charge is 0.359 e. The molecule has 1 saturated heterocycles. The van der Waals surface area contributed by atoms with Crippen molar-refractivity contribution in [2.24, 2.45) is 16.3 Å². The fourth-order valence-electron chi connectivity index (χ4n) is 3.34. The molecule has 1 aliphatic rings. The van der Waals surface area contributed by atoms with Crippen molar-refractivity contribution in [3.05, 3.63) is 0 Å². The van der Waals surface area contributed by atoms with E-state index in [1.54, 1.807) is 7.05 Å². The van der Waals surface area contributed by atoms with Crippen molar-refractivity contribution in [1.29, 1.82) is 0 Å². The molecule has 0 bridgehead atoms. The Labute approximate surface area is 164 Å².